The minimum Gasteiger partial charge on any atom is -0.433 e. The molecule has 0 spiro atoms. The molecule has 1 aromatic carbocycles. The summed E-state index contributed by atoms with van der Waals surface area (Å²) in [5.41, 5.74) is 0.841. The Morgan fingerprint density at radius 2 is 2.12 bits per heavy atom. The molecule has 2 aromatic rings. The van der Waals surface area contributed by atoms with Crippen LogP contribution in [0.1, 0.15) is 17.7 Å². The summed E-state index contributed by atoms with van der Waals surface area (Å²) in [4.78, 5) is 31.0. The topological polar surface area (TPSA) is 84.1 Å². The van der Waals surface area contributed by atoms with Gasteiger partial charge in [-0.25, -0.2) is 4.98 Å². The van der Waals surface area contributed by atoms with Crippen LogP contribution in [0.4, 0.5) is 14.5 Å². The molecule has 0 fully saturated rings. The highest BCUT2D eigenvalue weighted by Crippen LogP contribution is 2.25. The molecule has 0 radical (unpaired) electrons. The number of aromatic amines is 1. The number of alkyl halides is 2. The molecule has 0 saturated carbocycles. The number of para-hydroxylation sites is 2. The van der Waals surface area contributed by atoms with Crippen LogP contribution in [0.5, 0.6) is 5.75 Å². The zero-order valence-electron chi connectivity index (χ0n) is 13.6. The molecular weight excluding hydrogens is 352 g/mol. The Bertz CT molecular complexity index is 811. The van der Waals surface area contributed by atoms with E-state index in [9.17, 15) is 18.4 Å². The maximum absolute atomic E-state index is 12.4. The second-order valence-corrected chi connectivity index (χ2v) is 5.86. The first-order chi connectivity index (χ1) is 11.9. The largest absolute Gasteiger partial charge is 0.433 e. The van der Waals surface area contributed by atoms with Crippen molar-refractivity contribution in [2.75, 3.05) is 11.6 Å². The van der Waals surface area contributed by atoms with Crippen LogP contribution in [0.25, 0.3) is 0 Å². The number of amides is 1. The second-order valence-electron chi connectivity index (χ2n) is 5.06. The third-order valence-electron chi connectivity index (χ3n) is 3.37. The molecule has 1 heterocycles. The third-order valence-corrected chi connectivity index (χ3v) is 3.95. The lowest BCUT2D eigenvalue weighted by molar-refractivity contribution is -0.116. The predicted molar refractivity (Wildman–Crippen MR) is 91.4 cm³/mol. The van der Waals surface area contributed by atoms with Crippen LogP contribution >= 0.6 is 11.8 Å². The number of hydrogen-bond acceptors (Lipinski definition) is 5. The fourth-order valence-corrected chi connectivity index (χ4v) is 2.62. The summed E-state index contributed by atoms with van der Waals surface area (Å²) in [6.07, 6.45) is 1.99. The van der Waals surface area contributed by atoms with Crippen LogP contribution in [0.15, 0.2) is 34.2 Å². The second kappa shape index (κ2) is 8.61. The van der Waals surface area contributed by atoms with E-state index in [4.69, 9.17) is 0 Å². The summed E-state index contributed by atoms with van der Waals surface area (Å²) in [5, 5.41) is 3.02. The van der Waals surface area contributed by atoms with Crippen molar-refractivity contribution >= 4 is 23.4 Å². The number of anilines is 1. The van der Waals surface area contributed by atoms with Crippen molar-refractivity contribution in [3.63, 3.8) is 0 Å². The fourth-order valence-electron chi connectivity index (χ4n) is 2.20. The molecule has 1 aromatic heterocycles. The van der Waals surface area contributed by atoms with Gasteiger partial charge in [0, 0.05) is 17.7 Å². The van der Waals surface area contributed by atoms with Gasteiger partial charge < -0.3 is 15.0 Å². The molecule has 0 unspecified atom stereocenters. The number of rotatable bonds is 7. The maximum Gasteiger partial charge on any atom is 0.387 e. The van der Waals surface area contributed by atoms with Gasteiger partial charge >= 0.3 is 6.61 Å². The minimum atomic E-state index is -2.99. The van der Waals surface area contributed by atoms with Gasteiger partial charge in [0.05, 0.1) is 5.69 Å². The van der Waals surface area contributed by atoms with Gasteiger partial charge in [-0.15, -0.1) is 0 Å². The van der Waals surface area contributed by atoms with Gasteiger partial charge in [-0.05, 0) is 31.7 Å². The van der Waals surface area contributed by atoms with Crippen molar-refractivity contribution in [3.8, 4) is 5.75 Å². The van der Waals surface area contributed by atoms with E-state index in [-0.39, 0.29) is 29.8 Å². The Kier molecular flexibility index (Phi) is 6.51. The number of aryl methyl sites for hydroxylation is 1. The molecule has 0 saturated heterocycles. The fraction of sp³-hybridized carbons (Fsp3) is 0.312. The average Bonchev–Trinajstić information content (AvgIpc) is 2.55. The van der Waals surface area contributed by atoms with Crippen molar-refractivity contribution in [1.82, 2.24) is 9.97 Å². The Morgan fingerprint density at radius 3 is 2.76 bits per heavy atom. The molecule has 0 bridgehead atoms. The van der Waals surface area contributed by atoms with Gasteiger partial charge in [0.25, 0.3) is 5.56 Å². The van der Waals surface area contributed by atoms with E-state index in [0.717, 1.165) is 0 Å². The maximum atomic E-state index is 12.4. The number of carbonyl (C=O) groups excluding carboxylic acids is 1. The number of carbonyl (C=O) groups is 1. The van der Waals surface area contributed by atoms with E-state index in [1.54, 1.807) is 19.2 Å². The van der Waals surface area contributed by atoms with E-state index in [1.807, 2.05) is 0 Å². The lowest BCUT2D eigenvalue weighted by Gasteiger charge is -2.12. The molecule has 0 aliphatic heterocycles. The predicted octanol–water partition coefficient (Wildman–Crippen LogP) is 2.97. The average molecular weight is 369 g/mol. The molecular formula is C16H17F2N3O3S. The highest BCUT2D eigenvalue weighted by atomic mass is 32.2. The van der Waals surface area contributed by atoms with Gasteiger partial charge in [-0.3, -0.25) is 9.59 Å². The van der Waals surface area contributed by atoms with Crippen LogP contribution in [-0.2, 0) is 11.2 Å². The Hall–Kier alpha value is -2.42. The first-order valence-electron chi connectivity index (χ1n) is 7.38. The minimum absolute atomic E-state index is 0.00717. The van der Waals surface area contributed by atoms with E-state index < -0.39 is 12.5 Å². The highest BCUT2D eigenvalue weighted by molar-refractivity contribution is 7.98. The molecule has 2 rings (SSSR count). The summed E-state index contributed by atoms with van der Waals surface area (Å²) >= 11 is 1.32. The molecule has 2 N–H and O–H groups in total. The normalized spacial score (nSPS) is 10.8. The lowest BCUT2D eigenvalue weighted by atomic mass is 10.1. The SMILES string of the molecule is CSc1nc(C)c(CCC(=O)Nc2ccccc2OC(F)F)c(=O)[nH]1. The van der Waals surface area contributed by atoms with E-state index in [0.29, 0.717) is 16.4 Å². The molecule has 25 heavy (non-hydrogen) atoms. The standard InChI is InChI=1S/C16H17F2N3O3S/c1-9-10(14(23)21-16(19-9)25-2)7-8-13(22)20-11-5-3-4-6-12(11)24-15(17)18/h3-6,15H,7-8H2,1-2H3,(H,20,22)(H,19,21,23). The summed E-state index contributed by atoms with van der Waals surface area (Å²) in [5.74, 6) is -0.538. The van der Waals surface area contributed by atoms with Gasteiger partial charge in [0.15, 0.2) is 5.16 Å². The molecule has 6 nitrogen and oxygen atoms in total. The zero-order valence-corrected chi connectivity index (χ0v) is 14.5. The number of ether oxygens (including phenoxy) is 1. The number of halogens is 2. The number of nitrogens with one attached hydrogen (secondary N) is 2. The number of H-pyrrole nitrogens is 1. The van der Waals surface area contributed by atoms with Gasteiger partial charge in [0.2, 0.25) is 5.91 Å². The Morgan fingerprint density at radius 1 is 1.40 bits per heavy atom. The smallest absolute Gasteiger partial charge is 0.387 e. The van der Waals surface area contributed by atoms with E-state index >= 15 is 0 Å². The zero-order chi connectivity index (χ0) is 18.4. The Balaban J connectivity index is 2.04. The monoisotopic (exact) mass is 369 g/mol. The highest BCUT2D eigenvalue weighted by Gasteiger charge is 2.13. The van der Waals surface area contributed by atoms with Crippen molar-refractivity contribution in [2.24, 2.45) is 0 Å². The van der Waals surface area contributed by atoms with Crippen molar-refractivity contribution in [3.05, 3.63) is 45.9 Å². The van der Waals surface area contributed by atoms with Crippen LogP contribution in [-0.4, -0.2) is 28.7 Å². The van der Waals surface area contributed by atoms with Gasteiger partial charge in [-0.2, -0.15) is 8.78 Å². The van der Waals surface area contributed by atoms with Crippen molar-refractivity contribution < 1.29 is 18.3 Å². The third kappa shape index (κ3) is 5.28. The van der Waals surface area contributed by atoms with Crippen LogP contribution < -0.4 is 15.6 Å². The molecule has 1 amide bonds. The molecule has 9 heteroatoms. The van der Waals surface area contributed by atoms with Crippen LogP contribution in [0.2, 0.25) is 0 Å². The van der Waals surface area contributed by atoms with Crippen molar-refractivity contribution in [1.29, 1.82) is 0 Å². The van der Waals surface area contributed by atoms with Gasteiger partial charge in [-0.1, -0.05) is 23.9 Å². The summed E-state index contributed by atoms with van der Waals surface area (Å²) in [7, 11) is 0. The number of thioether (sulfide) groups is 1. The summed E-state index contributed by atoms with van der Waals surface area (Å²) < 4.78 is 29.1. The first-order valence-corrected chi connectivity index (χ1v) is 8.60. The molecule has 0 aliphatic rings. The quantitative estimate of drug-likeness (QED) is 0.579. The van der Waals surface area contributed by atoms with E-state index in [2.05, 4.69) is 20.0 Å². The number of aromatic nitrogens is 2. The first kappa shape index (κ1) is 18.9. The summed E-state index contributed by atoms with van der Waals surface area (Å²) in [6.45, 7) is -1.28. The lowest BCUT2D eigenvalue weighted by Crippen LogP contribution is -2.20. The van der Waals surface area contributed by atoms with Crippen LogP contribution in [0, 0.1) is 6.92 Å². The summed E-state index contributed by atoms with van der Waals surface area (Å²) in [6, 6.07) is 5.91. The molecule has 134 valence electrons. The Labute approximate surface area is 147 Å². The number of benzene rings is 1. The number of nitrogens with zero attached hydrogens (tertiary/aromatic N) is 1. The van der Waals surface area contributed by atoms with Crippen LogP contribution in [0.3, 0.4) is 0 Å². The van der Waals surface area contributed by atoms with E-state index in [1.165, 1.54) is 30.0 Å². The number of hydrogen-bond donors (Lipinski definition) is 2. The molecule has 0 aliphatic carbocycles. The van der Waals surface area contributed by atoms with Gasteiger partial charge in [0.1, 0.15) is 5.75 Å². The molecule has 0 atom stereocenters. The van der Waals surface area contributed by atoms with Crippen molar-refractivity contribution in [2.45, 2.75) is 31.5 Å².